The lowest BCUT2D eigenvalue weighted by atomic mass is 10.1. The molecule has 0 saturated carbocycles. The predicted molar refractivity (Wildman–Crippen MR) is 85.6 cm³/mol. The monoisotopic (exact) mass is 296 g/mol. The number of hydrogen-bond acceptors (Lipinski definition) is 3. The van der Waals surface area contributed by atoms with Gasteiger partial charge in [-0.3, -0.25) is 0 Å². The van der Waals surface area contributed by atoms with Crippen LogP contribution in [0.1, 0.15) is 33.3 Å². The SMILES string of the molecule is CC(C)NCc1cccc(Cl)c1N1C[C@@H](C)O[C@@H](C)C1. The number of morpholine rings is 1. The molecule has 1 aromatic rings. The molecule has 1 aromatic carbocycles. The molecular formula is C16H25ClN2O. The van der Waals surface area contributed by atoms with Crippen LogP contribution in [0.15, 0.2) is 18.2 Å². The summed E-state index contributed by atoms with van der Waals surface area (Å²) in [6, 6.07) is 6.61. The van der Waals surface area contributed by atoms with E-state index in [4.69, 9.17) is 16.3 Å². The number of benzene rings is 1. The van der Waals surface area contributed by atoms with Crippen molar-refractivity contribution in [1.82, 2.24) is 5.32 Å². The van der Waals surface area contributed by atoms with Crippen molar-refractivity contribution in [3.05, 3.63) is 28.8 Å². The summed E-state index contributed by atoms with van der Waals surface area (Å²) in [6.45, 7) is 11.2. The first-order valence-electron chi connectivity index (χ1n) is 7.38. The van der Waals surface area contributed by atoms with Crippen LogP contribution >= 0.6 is 11.6 Å². The van der Waals surface area contributed by atoms with Crippen molar-refractivity contribution in [1.29, 1.82) is 0 Å². The van der Waals surface area contributed by atoms with Gasteiger partial charge in [0, 0.05) is 25.7 Å². The molecule has 1 aliphatic heterocycles. The molecule has 2 atom stereocenters. The Morgan fingerprint density at radius 1 is 1.30 bits per heavy atom. The molecule has 0 amide bonds. The molecule has 1 heterocycles. The van der Waals surface area contributed by atoms with Crippen LogP contribution in [0.3, 0.4) is 0 Å². The molecular weight excluding hydrogens is 272 g/mol. The number of halogens is 1. The van der Waals surface area contributed by atoms with Gasteiger partial charge in [0.15, 0.2) is 0 Å². The molecule has 2 rings (SSSR count). The molecule has 3 nitrogen and oxygen atoms in total. The largest absolute Gasteiger partial charge is 0.372 e. The second-order valence-corrected chi connectivity index (χ2v) is 6.35. The van der Waals surface area contributed by atoms with E-state index in [1.165, 1.54) is 5.56 Å². The smallest absolute Gasteiger partial charge is 0.0726 e. The van der Waals surface area contributed by atoms with Gasteiger partial charge in [0.2, 0.25) is 0 Å². The predicted octanol–water partition coefficient (Wildman–Crippen LogP) is 3.45. The highest BCUT2D eigenvalue weighted by Gasteiger charge is 2.25. The van der Waals surface area contributed by atoms with Crippen molar-refractivity contribution in [2.75, 3.05) is 18.0 Å². The molecule has 1 N–H and O–H groups in total. The topological polar surface area (TPSA) is 24.5 Å². The van der Waals surface area contributed by atoms with Crippen LogP contribution in [0.2, 0.25) is 5.02 Å². The molecule has 1 fully saturated rings. The summed E-state index contributed by atoms with van der Waals surface area (Å²) in [7, 11) is 0. The van der Waals surface area contributed by atoms with Gasteiger partial charge in [0.05, 0.1) is 22.9 Å². The quantitative estimate of drug-likeness (QED) is 0.921. The van der Waals surface area contributed by atoms with Gasteiger partial charge in [-0.1, -0.05) is 37.6 Å². The average molecular weight is 297 g/mol. The molecule has 4 heteroatoms. The fourth-order valence-corrected chi connectivity index (χ4v) is 3.04. The zero-order chi connectivity index (χ0) is 14.7. The van der Waals surface area contributed by atoms with Crippen molar-refractivity contribution in [2.24, 2.45) is 0 Å². The number of rotatable bonds is 4. The summed E-state index contributed by atoms with van der Waals surface area (Å²) in [6.07, 6.45) is 0.474. The van der Waals surface area contributed by atoms with Gasteiger partial charge in [-0.05, 0) is 25.5 Å². The van der Waals surface area contributed by atoms with Crippen molar-refractivity contribution in [2.45, 2.75) is 52.5 Å². The van der Waals surface area contributed by atoms with Gasteiger partial charge in [-0.25, -0.2) is 0 Å². The van der Waals surface area contributed by atoms with Crippen molar-refractivity contribution >= 4 is 17.3 Å². The maximum atomic E-state index is 6.46. The highest BCUT2D eigenvalue weighted by atomic mass is 35.5. The van der Waals surface area contributed by atoms with Crippen molar-refractivity contribution in [3.8, 4) is 0 Å². The van der Waals surface area contributed by atoms with E-state index in [-0.39, 0.29) is 12.2 Å². The van der Waals surface area contributed by atoms with Gasteiger partial charge in [-0.15, -0.1) is 0 Å². The second kappa shape index (κ2) is 6.79. The summed E-state index contributed by atoms with van der Waals surface area (Å²) >= 11 is 6.46. The summed E-state index contributed by atoms with van der Waals surface area (Å²) in [5.74, 6) is 0. The zero-order valence-corrected chi connectivity index (χ0v) is 13.6. The highest BCUT2D eigenvalue weighted by Crippen LogP contribution is 2.32. The Morgan fingerprint density at radius 2 is 1.95 bits per heavy atom. The third kappa shape index (κ3) is 3.87. The van der Waals surface area contributed by atoms with Gasteiger partial charge in [0.1, 0.15) is 0 Å². The van der Waals surface area contributed by atoms with Crippen LogP contribution in [-0.2, 0) is 11.3 Å². The zero-order valence-electron chi connectivity index (χ0n) is 12.8. The van der Waals surface area contributed by atoms with E-state index in [9.17, 15) is 0 Å². The Labute approximate surface area is 127 Å². The molecule has 0 spiro atoms. The van der Waals surface area contributed by atoms with Crippen LogP contribution in [-0.4, -0.2) is 31.3 Å². The first kappa shape index (κ1) is 15.6. The van der Waals surface area contributed by atoms with Gasteiger partial charge in [0.25, 0.3) is 0 Å². The van der Waals surface area contributed by atoms with E-state index < -0.39 is 0 Å². The number of hydrogen-bond donors (Lipinski definition) is 1. The Hall–Kier alpha value is -0.770. The number of para-hydroxylation sites is 1. The fourth-order valence-electron chi connectivity index (χ4n) is 2.73. The lowest BCUT2D eigenvalue weighted by Crippen LogP contribution is -2.46. The highest BCUT2D eigenvalue weighted by molar-refractivity contribution is 6.33. The van der Waals surface area contributed by atoms with Gasteiger partial charge in [-0.2, -0.15) is 0 Å². The van der Waals surface area contributed by atoms with E-state index in [0.717, 1.165) is 30.3 Å². The standard InChI is InChI=1S/C16H25ClN2O/c1-11(2)18-8-14-6-5-7-15(17)16(14)19-9-12(3)20-13(4)10-19/h5-7,11-13,18H,8-10H2,1-4H3/t12-,13+. The molecule has 1 aliphatic rings. The van der Waals surface area contributed by atoms with Crippen LogP contribution in [0.4, 0.5) is 5.69 Å². The van der Waals surface area contributed by atoms with E-state index >= 15 is 0 Å². The van der Waals surface area contributed by atoms with E-state index in [1.807, 2.05) is 12.1 Å². The van der Waals surface area contributed by atoms with Crippen LogP contribution in [0, 0.1) is 0 Å². The van der Waals surface area contributed by atoms with Gasteiger partial charge < -0.3 is 15.0 Å². The molecule has 20 heavy (non-hydrogen) atoms. The Kier molecular flexibility index (Phi) is 5.30. The molecule has 0 bridgehead atoms. The summed E-state index contributed by atoms with van der Waals surface area (Å²) < 4.78 is 5.82. The minimum Gasteiger partial charge on any atom is -0.372 e. The summed E-state index contributed by atoms with van der Waals surface area (Å²) in [4.78, 5) is 2.36. The molecule has 0 radical (unpaired) electrons. The van der Waals surface area contributed by atoms with Crippen LogP contribution < -0.4 is 10.2 Å². The van der Waals surface area contributed by atoms with Gasteiger partial charge >= 0.3 is 0 Å². The Balaban J connectivity index is 2.24. The van der Waals surface area contributed by atoms with Crippen molar-refractivity contribution in [3.63, 3.8) is 0 Å². The number of nitrogens with zero attached hydrogens (tertiary/aromatic N) is 1. The van der Waals surface area contributed by atoms with E-state index in [0.29, 0.717) is 6.04 Å². The maximum Gasteiger partial charge on any atom is 0.0726 e. The molecule has 112 valence electrons. The minimum atomic E-state index is 0.237. The lowest BCUT2D eigenvalue weighted by Gasteiger charge is -2.38. The third-order valence-electron chi connectivity index (χ3n) is 3.51. The van der Waals surface area contributed by atoms with Crippen LogP contribution in [0.25, 0.3) is 0 Å². The first-order valence-corrected chi connectivity index (χ1v) is 7.76. The lowest BCUT2D eigenvalue weighted by molar-refractivity contribution is -0.00525. The second-order valence-electron chi connectivity index (χ2n) is 5.95. The minimum absolute atomic E-state index is 0.237. The number of ether oxygens (including phenoxy) is 1. The third-order valence-corrected chi connectivity index (χ3v) is 3.81. The molecule has 0 unspecified atom stereocenters. The first-order chi connectivity index (χ1) is 9.47. The summed E-state index contributed by atoms with van der Waals surface area (Å²) in [5.41, 5.74) is 2.41. The number of anilines is 1. The molecule has 0 aliphatic carbocycles. The van der Waals surface area contributed by atoms with Crippen molar-refractivity contribution < 1.29 is 4.74 Å². The molecule has 1 saturated heterocycles. The van der Waals surface area contributed by atoms with E-state index in [1.54, 1.807) is 0 Å². The fraction of sp³-hybridized carbons (Fsp3) is 0.625. The average Bonchev–Trinajstić information content (AvgIpc) is 2.35. The van der Waals surface area contributed by atoms with E-state index in [2.05, 4.69) is 44.0 Å². The number of nitrogens with one attached hydrogen (secondary N) is 1. The normalized spacial score (nSPS) is 23.4. The summed E-state index contributed by atoms with van der Waals surface area (Å²) in [5, 5.41) is 4.30. The Bertz CT molecular complexity index is 440. The maximum absolute atomic E-state index is 6.46. The molecule has 0 aromatic heterocycles. The Morgan fingerprint density at radius 3 is 2.55 bits per heavy atom. The van der Waals surface area contributed by atoms with Crippen LogP contribution in [0.5, 0.6) is 0 Å².